The highest BCUT2D eigenvalue weighted by Gasteiger charge is 2.46. The van der Waals surface area contributed by atoms with E-state index in [-0.39, 0.29) is 18.6 Å². The molecule has 1 fully saturated rings. The molecule has 0 aromatic rings. The van der Waals surface area contributed by atoms with Crippen molar-refractivity contribution in [1.29, 1.82) is 0 Å². The minimum Gasteiger partial charge on any atom is -0.389 e. The third-order valence-electron chi connectivity index (χ3n) is 2.62. The molecule has 1 aliphatic carbocycles. The summed E-state index contributed by atoms with van der Waals surface area (Å²) in [7, 11) is 1.10. The molecule has 6 heteroatoms. The molecule has 1 N–H and O–H groups in total. The smallest absolute Gasteiger partial charge is 0.389 e. The van der Waals surface area contributed by atoms with Crippen molar-refractivity contribution in [2.24, 2.45) is 5.92 Å². The molecule has 0 aromatic heterocycles. The van der Waals surface area contributed by atoms with Crippen LogP contribution < -0.4 is 0 Å². The zero-order chi connectivity index (χ0) is 10.8. The van der Waals surface area contributed by atoms with Crippen LogP contribution in [-0.2, 0) is 0 Å². The average Bonchev–Trinajstić information content (AvgIpc) is 2.02. The second-order valence-electron chi connectivity index (χ2n) is 3.83. The van der Waals surface area contributed by atoms with Crippen molar-refractivity contribution in [1.82, 2.24) is 0 Å². The van der Waals surface area contributed by atoms with E-state index in [1.165, 1.54) is 0 Å². The topological polar surface area (TPSA) is 20.2 Å². The lowest BCUT2D eigenvalue weighted by Crippen LogP contribution is -2.41. The number of thiol groups is 1. The highest BCUT2D eigenvalue weighted by molar-refractivity contribution is 8.68. The lowest BCUT2D eigenvalue weighted by molar-refractivity contribution is -0.198. The Hall–Kier alpha value is 0.450. The lowest BCUT2D eigenvalue weighted by atomic mass is 9.79. The quantitative estimate of drug-likeness (QED) is 0.577. The summed E-state index contributed by atoms with van der Waals surface area (Å²) in [5.74, 6) is -1.08. The third-order valence-corrected chi connectivity index (χ3v) is 3.67. The fourth-order valence-corrected chi connectivity index (χ4v) is 3.09. The first-order valence-electron chi connectivity index (χ1n) is 4.43. The van der Waals surface area contributed by atoms with E-state index in [9.17, 15) is 18.3 Å². The zero-order valence-corrected chi connectivity index (χ0v) is 9.26. The van der Waals surface area contributed by atoms with E-state index in [1.807, 2.05) is 0 Å². The number of alkyl halides is 3. The van der Waals surface area contributed by atoms with Gasteiger partial charge in [0.05, 0.1) is 11.5 Å². The Labute approximate surface area is 90.3 Å². The zero-order valence-electron chi connectivity index (χ0n) is 7.55. The maximum absolute atomic E-state index is 12.4. The van der Waals surface area contributed by atoms with E-state index >= 15 is 0 Å². The van der Waals surface area contributed by atoms with Crippen LogP contribution >= 0.6 is 22.5 Å². The minimum absolute atomic E-state index is 0.142. The Morgan fingerprint density at radius 1 is 1.50 bits per heavy atom. The number of hydrogen-bond donors (Lipinski definition) is 2. The van der Waals surface area contributed by atoms with Crippen LogP contribution in [0.25, 0.3) is 0 Å². The molecule has 0 bridgehead atoms. The van der Waals surface area contributed by atoms with Crippen LogP contribution in [0.3, 0.4) is 0 Å². The highest BCUT2D eigenvalue weighted by Crippen LogP contribution is 2.42. The molecule has 2 atom stereocenters. The van der Waals surface area contributed by atoms with E-state index in [4.69, 9.17) is 0 Å². The molecule has 1 nitrogen and oxygen atoms in total. The lowest BCUT2D eigenvalue weighted by Gasteiger charge is -2.36. The van der Waals surface area contributed by atoms with Gasteiger partial charge in [0.15, 0.2) is 0 Å². The summed E-state index contributed by atoms with van der Waals surface area (Å²) in [5.41, 5.74) is -1.18. The molecule has 0 aromatic carbocycles. The van der Waals surface area contributed by atoms with Gasteiger partial charge in [0.25, 0.3) is 0 Å². The van der Waals surface area contributed by atoms with Gasteiger partial charge in [-0.25, -0.2) is 0 Å². The molecule has 0 saturated heterocycles. The summed E-state index contributed by atoms with van der Waals surface area (Å²) in [4.78, 5) is 0. The maximum Gasteiger partial charge on any atom is 0.391 e. The molecule has 1 aliphatic rings. The van der Waals surface area contributed by atoms with Gasteiger partial charge in [-0.2, -0.15) is 13.2 Å². The molecule has 14 heavy (non-hydrogen) atoms. The van der Waals surface area contributed by atoms with Crippen LogP contribution in [0.4, 0.5) is 13.2 Å². The first kappa shape index (κ1) is 12.5. The van der Waals surface area contributed by atoms with Crippen molar-refractivity contribution < 1.29 is 18.3 Å². The third kappa shape index (κ3) is 3.24. The second-order valence-corrected chi connectivity index (χ2v) is 5.15. The standard InChI is InChI=1S/C8H13F3OS2/c9-8(10,11)6-2-1-3-7(12,4-6)5-14-13/h6,12-13H,1-5H2/t6-,7-/m1/s1. The first-order valence-corrected chi connectivity index (χ1v) is 6.47. The van der Waals surface area contributed by atoms with Crippen LogP contribution in [0, 0.1) is 5.92 Å². The van der Waals surface area contributed by atoms with E-state index < -0.39 is 17.7 Å². The van der Waals surface area contributed by atoms with Crippen molar-refractivity contribution >= 4 is 22.5 Å². The first-order chi connectivity index (χ1) is 6.37. The maximum atomic E-state index is 12.4. The summed E-state index contributed by atoms with van der Waals surface area (Å²) in [6.45, 7) is 0. The van der Waals surface area contributed by atoms with Crippen molar-refractivity contribution in [2.75, 3.05) is 5.75 Å². The number of aliphatic hydroxyl groups is 1. The molecular weight excluding hydrogens is 233 g/mol. The Bertz CT molecular complexity index is 194. The van der Waals surface area contributed by atoms with Crippen molar-refractivity contribution in [3.05, 3.63) is 0 Å². The molecule has 0 amide bonds. The molecular formula is C8H13F3OS2. The van der Waals surface area contributed by atoms with Crippen molar-refractivity contribution in [2.45, 2.75) is 37.5 Å². The SMILES string of the molecule is O[C@]1(CSS)CCC[C@@H](C(F)(F)F)C1. The van der Waals surface area contributed by atoms with Gasteiger partial charge >= 0.3 is 6.18 Å². The Morgan fingerprint density at radius 2 is 2.14 bits per heavy atom. The van der Waals surface area contributed by atoms with Crippen molar-refractivity contribution in [3.63, 3.8) is 0 Å². The van der Waals surface area contributed by atoms with E-state index in [1.54, 1.807) is 0 Å². The van der Waals surface area contributed by atoms with Gasteiger partial charge < -0.3 is 5.11 Å². The Balaban J connectivity index is 2.59. The molecule has 0 unspecified atom stereocenters. The highest BCUT2D eigenvalue weighted by atomic mass is 33.1. The number of rotatable bonds is 2. The van der Waals surface area contributed by atoms with Crippen LogP contribution in [-0.4, -0.2) is 22.6 Å². The van der Waals surface area contributed by atoms with Gasteiger partial charge in [0, 0.05) is 5.75 Å². The fourth-order valence-electron chi connectivity index (χ4n) is 1.87. The molecule has 1 saturated carbocycles. The van der Waals surface area contributed by atoms with Crippen LogP contribution in [0.5, 0.6) is 0 Å². The molecule has 0 radical (unpaired) electrons. The van der Waals surface area contributed by atoms with Gasteiger partial charge in [0.1, 0.15) is 0 Å². The number of hydrogen-bond acceptors (Lipinski definition) is 3. The summed E-state index contributed by atoms with van der Waals surface area (Å²) in [6, 6.07) is 0. The van der Waals surface area contributed by atoms with Crippen LogP contribution in [0.1, 0.15) is 25.7 Å². The van der Waals surface area contributed by atoms with Gasteiger partial charge in [-0.05, 0) is 25.7 Å². The molecule has 0 aliphatic heterocycles. The van der Waals surface area contributed by atoms with E-state index in [0.717, 1.165) is 10.8 Å². The predicted molar refractivity (Wildman–Crippen MR) is 54.4 cm³/mol. The van der Waals surface area contributed by atoms with E-state index in [0.29, 0.717) is 12.8 Å². The Morgan fingerprint density at radius 3 is 2.64 bits per heavy atom. The monoisotopic (exact) mass is 246 g/mol. The van der Waals surface area contributed by atoms with Crippen LogP contribution in [0.15, 0.2) is 0 Å². The van der Waals surface area contributed by atoms with Crippen molar-refractivity contribution in [3.8, 4) is 0 Å². The van der Waals surface area contributed by atoms with Gasteiger partial charge in [-0.15, -0.1) is 11.7 Å². The summed E-state index contributed by atoms with van der Waals surface area (Å²) < 4.78 is 37.2. The van der Waals surface area contributed by atoms with Gasteiger partial charge in [-0.1, -0.05) is 10.8 Å². The summed E-state index contributed by atoms with van der Waals surface area (Å²) in [6.07, 6.45) is -3.31. The average molecular weight is 246 g/mol. The molecule has 84 valence electrons. The second kappa shape index (κ2) is 4.53. The van der Waals surface area contributed by atoms with Gasteiger partial charge in [0.2, 0.25) is 0 Å². The molecule has 0 heterocycles. The normalized spacial score (nSPS) is 34.5. The fraction of sp³-hybridized carbons (Fsp3) is 1.00. The number of halogens is 3. The largest absolute Gasteiger partial charge is 0.391 e. The molecule has 0 spiro atoms. The summed E-state index contributed by atoms with van der Waals surface area (Å²) in [5, 5.41) is 9.84. The minimum atomic E-state index is -4.17. The van der Waals surface area contributed by atoms with Crippen LogP contribution in [0.2, 0.25) is 0 Å². The predicted octanol–water partition coefficient (Wildman–Crippen LogP) is 3.05. The molecule has 1 rings (SSSR count). The summed E-state index contributed by atoms with van der Waals surface area (Å²) >= 11 is 3.86. The Kier molecular flexibility index (Phi) is 4.05. The van der Waals surface area contributed by atoms with E-state index in [2.05, 4.69) is 11.7 Å². The van der Waals surface area contributed by atoms with Gasteiger partial charge in [-0.3, -0.25) is 0 Å².